The molecular formula is C33H62O4. The number of rotatable bonds is 29. The predicted molar refractivity (Wildman–Crippen MR) is 158 cm³/mol. The second-order valence-corrected chi connectivity index (χ2v) is 11.0. The first-order valence-electron chi connectivity index (χ1n) is 16.2. The maximum absolute atomic E-state index is 12.4. The van der Waals surface area contributed by atoms with Crippen molar-refractivity contribution in [3.05, 3.63) is 12.2 Å². The molecule has 0 amide bonds. The van der Waals surface area contributed by atoms with Crippen molar-refractivity contribution in [2.75, 3.05) is 0 Å². The number of hydrogen-bond donors (Lipinski definition) is 1. The van der Waals surface area contributed by atoms with E-state index in [-0.39, 0.29) is 18.5 Å². The van der Waals surface area contributed by atoms with Gasteiger partial charge in [-0.1, -0.05) is 116 Å². The number of carboxylic acids is 1. The van der Waals surface area contributed by atoms with Gasteiger partial charge in [-0.3, -0.25) is 9.59 Å². The molecule has 0 radical (unpaired) electrons. The Bertz CT molecular complexity index is 528. The average molecular weight is 523 g/mol. The molecule has 0 rings (SSSR count). The van der Waals surface area contributed by atoms with Crippen LogP contribution in [0.3, 0.4) is 0 Å². The largest absolute Gasteiger partial charge is 0.481 e. The lowest BCUT2D eigenvalue weighted by Crippen LogP contribution is -2.18. The van der Waals surface area contributed by atoms with E-state index in [9.17, 15) is 9.59 Å². The Morgan fingerprint density at radius 1 is 0.568 bits per heavy atom. The van der Waals surface area contributed by atoms with E-state index < -0.39 is 5.97 Å². The summed E-state index contributed by atoms with van der Waals surface area (Å²) in [6.07, 6.45) is 33.7. The minimum atomic E-state index is -0.713. The molecule has 0 saturated heterocycles. The van der Waals surface area contributed by atoms with Crippen LogP contribution in [0.15, 0.2) is 12.2 Å². The minimum Gasteiger partial charge on any atom is -0.481 e. The van der Waals surface area contributed by atoms with Crippen molar-refractivity contribution < 1.29 is 19.4 Å². The Labute approximate surface area is 230 Å². The van der Waals surface area contributed by atoms with Crippen LogP contribution in [0.25, 0.3) is 0 Å². The lowest BCUT2D eigenvalue weighted by molar-refractivity contribution is -0.150. The van der Waals surface area contributed by atoms with Gasteiger partial charge in [0, 0.05) is 12.8 Å². The smallest absolute Gasteiger partial charge is 0.306 e. The lowest BCUT2D eigenvalue weighted by atomic mass is 10.0. The molecule has 1 atom stereocenters. The van der Waals surface area contributed by atoms with Crippen LogP contribution in [-0.2, 0) is 14.3 Å². The number of unbranched alkanes of at least 4 members (excludes halogenated alkanes) is 18. The van der Waals surface area contributed by atoms with Crippen molar-refractivity contribution in [1.29, 1.82) is 0 Å². The van der Waals surface area contributed by atoms with E-state index in [1.807, 2.05) is 0 Å². The molecule has 218 valence electrons. The van der Waals surface area contributed by atoms with Gasteiger partial charge in [0.15, 0.2) is 0 Å². The van der Waals surface area contributed by atoms with Gasteiger partial charge in [-0.25, -0.2) is 0 Å². The summed E-state index contributed by atoms with van der Waals surface area (Å²) in [5.74, 6) is -0.739. The van der Waals surface area contributed by atoms with Gasteiger partial charge >= 0.3 is 11.9 Å². The fourth-order valence-corrected chi connectivity index (χ4v) is 4.82. The van der Waals surface area contributed by atoms with Crippen LogP contribution in [0.2, 0.25) is 0 Å². The summed E-state index contributed by atoms with van der Waals surface area (Å²) >= 11 is 0. The molecule has 0 spiro atoms. The molecule has 1 unspecified atom stereocenters. The van der Waals surface area contributed by atoms with Crippen LogP contribution < -0.4 is 0 Å². The number of ether oxygens (including phenoxy) is 1. The Morgan fingerprint density at radius 2 is 0.973 bits per heavy atom. The van der Waals surface area contributed by atoms with Gasteiger partial charge < -0.3 is 9.84 Å². The summed E-state index contributed by atoms with van der Waals surface area (Å²) in [5.41, 5.74) is 0. The van der Waals surface area contributed by atoms with Gasteiger partial charge in [-0.2, -0.15) is 0 Å². The highest BCUT2D eigenvalue weighted by molar-refractivity contribution is 5.69. The monoisotopic (exact) mass is 522 g/mol. The molecule has 4 nitrogen and oxygen atoms in total. The number of carbonyl (C=O) groups is 2. The second kappa shape index (κ2) is 29.2. The lowest BCUT2D eigenvalue weighted by Gasteiger charge is -2.18. The summed E-state index contributed by atoms with van der Waals surface area (Å²) in [6, 6.07) is 0. The molecular weight excluding hydrogens is 460 g/mol. The van der Waals surface area contributed by atoms with E-state index in [1.54, 1.807) is 0 Å². The first-order chi connectivity index (χ1) is 18.1. The van der Waals surface area contributed by atoms with E-state index in [1.165, 1.54) is 96.3 Å². The molecule has 1 N–H and O–H groups in total. The number of allylic oxidation sites excluding steroid dienone is 2. The van der Waals surface area contributed by atoms with Crippen LogP contribution in [0.4, 0.5) is 0 Å². The average Bonchev–Trinajstić information content (AvgIpc) is 2.87. The van der Waals surface area contributed by atoms with Crippen LogP contribution in [-0.4, -0.2) is 23.1 Å². The highest BCUT2D eigenvalue weighted by Gasteiger charge is 2.14. The molecule has 37 heavy (non-hydrogen) atoms. The van der Waals surface area contributed by atoms with E-state index in [0.717, 1.165) is 57.8 Å². The number of esters is 1. The van der Waals surface area contributed by atoms with Gasteiger partial charge in [-0.15, -0.1) is 0 Å². The standard InChI is InChI=1S/C33H62O4/c1-3-5-7-9-10-11-12-13-14-15-16-17-18-20-26-30-33(36)37-31(27-23-19-8-6-4-2)28-24-21-22-25-29-32(34)35/h13-14,31H,3-12,15-30H2,1-2H3,(H,34,35)/b14-13-. The predicted octanol–water partition coefficient (Wildman–Crippen LogP) is 10.7. The van der Waals surface area contributed by atoms with Gasteiger partial charge in [-0.05, 0) is 64.2 Å². The van der Waals surface area contributed by atoms with Gasteiger partial charge in [0.25, 0.3) is 0 Å². The molecule has 0 aliphatic rings. The highest BCUT2D eigenvalue weighted by atomic mass is 16.5. The SMILES string of the molecule is CCCCCCCC/C=C\CCCCCCCC(=O)OC(CCCCCCC)CCCCCCC(=O)O. The molecule has 0 aromatic carbocycles. The summed E-state index contributed by atoms with van der Waals surface area (Å²) in [6.45, 7) is 4.49. The van der Waals surface area contributed by atoms with Crippen molar-refractivity contribution in [2.45, 2.75) is 187 Å². The maximum Gasteiger partial charge on any atom is 0.306 e. The number of aliphatic carboxylic acids is 1. The Morgan fingerprint density at radius 3 is 1.46 bits per heavy atom. The van der Waals surface area contributed by atoms with Gasteiger partial charge in [0.1, 0.15) is 6.10 Å². The quantitative estimate of drug-likeness (QED) is 0.0602. The van der Waals surface area contributed by atoms with Crippen LogP contribution >= 0.6 is 0 Å². The van der Waals surface area contributed by atoms with E-state index in [4.69, 9.17) is 9.84 Å². The molecule has 0 aliphatic heterocycles. The van der Waals surface area contributed by atoms with Gasteiger partial charge in [0.2, 0.25) is 0 Å². The number of hydrogen-bond acceptors (Lipinski definition) is 3. The fourth-order valence-electron chi connectivity index (χ4n) is 4.82. The van der Waals surface area contributed by atoms with Crippen molar-refractivity contribution >= 4 is 11.9 Å². The molecule has 0 aromatic heterocycles. The first kappa shape index (κ1) is 35.7. The van der Waals surface area contributed by atoms with Crippen molar-refractivity contribution in [3.8, 4) is 0 Å². The first-order valence-corrected chi connectivity index (χ1v) is 16.2. The van der Waals surface area contributed by atoms with Crippen LogP contribution in [0.1, 0.15) is 181 Å². The summed E-state index contributed by atoms with van der Waals surface area (Å²) < 4.78 is 5.88. The molecule has 0 heterocycles. The van der Waals surface area contributed by atoms with Crippen molar-refractivity contribution in [2.24, 2.45) is 0 Å². The van der Waals surface area contributed by atoms with Crippen molar-refractivity contribution in [1.82, 2.24) is 0 Å². The number of carbonyl (C=O) groups excluding carboxylic acids is 1. The van der Waals surface area contributed by atoms with Gasteiger partial charge in [0.05, 0.1) is 0 Å². The Kier molecular flexibility index (Phi) is 28.2. The van der Waals surface area contributed by atoms with E-state index >= 15 is 0 Å². The van der Waals surface area contributed by atoms with Crippen molar-refractivity contribution in [3.63, 3.8) is 0 Å². The normalized spacial score (nSPS) is 12.3. The summed E-state index contributed by atoms with van der Waals surface area (Å²) in [7, 11) is 0. The molecule has 0 bridgehead atoms. The van der Waals surface area contributed by atoms with Crippen LogP contribution in [0.5, 0.6) is 0 Å². The Hall–Kier alpha value is -1.32. The molecule has 0 fully saturated rings. The third-order valence-corrected chi connectivity index (χ3v) is 7.24. The maximum atomic E-state index is 12.4. The Balaban J connectivity index is 3.85. The second-order valence-electron chi connectivity index (χ2n) is 11.0. The molecule has 0 aliphatic carbocycles. The van der Waals surface area contributed by atoms with E-state index in [0.29, 0.717) is 6.42 Å². The zero-order valence-electron chi connectivity index (χ0n) is 24.8. The zero-order valence-corrected chi connectivity index (χ0v) is 24.8. The summed E-state index contributed by atoms with van der Waals surface area (Å²) in [4.78, 5) is 23.1. The third kappa shape index (κ3) is 29.1. The fraction of sp³-hybridized carbons (Fsp3) is 0.879. The zero-order chi connectivity index (χ0) is 27.2. The minimum absolute atomic E-state index is 0.0259. The number of carboxylic acid groups (broad SMARTS) is 1. The van der Waals surface area contributed by atoms with E-state index in [2.05, 4.69) is 26.0 Å². The third-order valence-electron chi connectivity index (χ3n) is 7.24. The van der Waals surface area contributed by atoms with Crippen LogP contribution in [0, 0.1) is 0 Å². The topological polar surface area (TPSA) is 63.6 Å². The highest BCUT2D eigenvalue weighted by Crippen LogP contribution is 2.18. The molecule has 0 saturated carbocycles. The molecule has 4 heteroatoms. The summed E-state index contributed by atoms with van der Waals surface area (Å²) in [5, 5.41) is 8.76. The molecule has 0 aromatic rings.